The zero-order valence-corrected chi connectivity index (χ0v) is 23.7. The van der Waals surface area contributed by atoms with Gasteiger partial charge in [0.25, 0.3) is 0 Å². The molecular formula is C29H63OP. The van der Waals surface area contributed by atoms with Crippen molar-refractivity contribution in [2.24, 2.45) is 0 Å². The number of hydrogen-bond donors (Lipinski definition) is 0. The molecule has 0 atom stereocenters. The van der Waals surface area contributed by atoms with Gasteiger partial charge in [-0.15, -0.1) is 0 Å². The Kier molecular flexibility index (Phi) is 21.2. The summed E-state index contributed by atoms with van der Waals surface area (Å²) in [6.07, 6.45) is 33.9. The molecule has 0 aliphatic heterocycles. The van der Waals surface area contributed by atoms with Crippen LogP contribution in [0.2, 0.25) is 0 Å². The molecular weight excluding hydrogens is 395 g/mol. The van der Waals surface area contributed by atoms with E-state index in [1.807, 2.05) is 0 Å². The third-order valence-electron chi connectivity index (χ3n) is 7.83. The van der Waals surface area contributed by atoms with Crippen LogP contribution in [-0.4, -0.2) is 31.8 Å². The Morgan fingerprint density at radius 2 is 0.581 bits per heavy atom. The fraction of sp³-hybridized carbons (Fsp3) is 1.00. The summed E-state index contributed by atoms with van der Waals surface area (Å²) in [4.78, 5) is 0. The standard InChI is InChI=1S/C29H63OP/c1-6-10-14-18-22-26-31(30-5,27-23-19-15-11-7-2,28-24-20-16-12-8-3)29-25-21-17-13-9-4/h6-29H2,1-5H3. The summed E-state index contributed by atoms with van der Waals surface area (Å²) in [5.41, 5.74) is 0. The molecule has 0 bridgehead atoms. The first-order valence-corrected chi connectivity index (χ1v) is 17.6. The van der Waals surface area contributed by atoms with Gasteiger partial charge >= 0.3 is 199 Å². The second-order valence-corrected chi connectivity index (χ2v) is 16.5. The van der Waals surface area contributed by atoms with Gasteiger partial charge in [-0.05, 0) is 0 Å². The fourth-order valence-corrected chi connectivity index (χ4v) is 11.7. The molecule has 0 N–H and O–H groups in total. The molecule has 0 saturated heterocycles. The van der Waals surface area contributed by atoms with E-state index in [0.717, 1.165) is 0 Å². The van der Waals surface area contributed by atoms with Gasteiger partial charge < -0.3 is 0 Å². The molecule has 190 valence electrons. The van der Waals surface area contributed by atoms with Crippen molar-refractivity contribution in [3.05, 3.63) is 0 Å². The molecule has 0 saturated carbocycles. The van der Waals surface area contributed by atoms with Gasteiger partial charge in [0.15, 0.2) is 0 Å². The van der Waals surface area contributed by atoms with E-state index in [1.165, 1.54) is 153 Å². The molecule has 0 aliphatic rings. The molecule has 0 unspecified atom stereocenters. The summed E-state index contributed by atoms with van der Waals surface area (Å²) < 4.78 is 6.88. The van der Waals surface area contributed by atoms with E-state index < -0.39 is 6.83 Å². The third kappa shape index (κ3) is 15.0. The average molecular weight is 459 g/mol. The van der Waals surface area contributed by atoms with Crippen LogP contribution in [0.15, 0.2) is 0 Å². The van der Waals surface area contributed by atoms with Crippen LogP contribution >= 0.6 is 6.83 Å². The van der Waals surface area contributed by atoms with Gasteiger partial charge in [-0.25, -0.2) is 0 Å². The quantitative estimate of drug-likeness (QED) is 0.0976. The van der Waals surface area contributed by atoms with Gasteiger partial charge in [-0.1, -0.05) is 0 Å². The first-order chi connectivity index (χ1) is 15.1. The molecule has 0 aromatic rings. The van der Waals surface area contributed by atoms with E-state index in [4.69, 9.17) is 4.52 Å². The zero-order valence-electron chi connectivity index (χ0n) is 22.8. The van der Waals surface area contributed by atoms with Crippen LogP contribution in [0.4, 0.5) is 0 Å². The van der Waals surface area contributed by atoms with E-state index >= 15 is 0 Å². The Bertz CT molecular complexity index is 300. The van der Waals surface area contributed by atoms with Gasteiger partial charge in [0, 0.05) is 0 Å². The molecule has 0 fully saturated rings. The summed E-state index contributed by atoms with van der Waals surface area (Å²) >= 11 is 0. The van der Waals surface area contributed by atoms with Crippen LogP contribution in [0.25, 0.3) is 0 Å². The zero-order chi connectivity index (χ0) is 23.1. The van der Waals surface area contributed by atoms with Crippen molar-refractivity contribution in [3.8, 4) is 0 Å². The molecule has 0 amide bonds. The summed E-state index contributed by atoms with van der Waals surface area (Å²) in [6, 6.07) is 0. The normalized spacial score (nSPS) is 13.4. The van der Waals surface area contributed by atoms with Crippen molar-refractivity contribution in [1.29, 1.82) is 0 Å². The molecule has 31 heavy (non-hydrogen) atoms. The van der Waals surface area contributed by atoms with Gasteiger partial charge in [0.2, 0.25) is 0 Å². The second kappa shape index (κ2) is 21.0. The topological polar surface area (TPSA) is 9.23 Å². The SMILES string of the molecule is CCCCCCCP(CCCCCCC)(CCCCCCC)(CCCCCCC)OC. The van der Waals surface area contributed by atoms with Gasteiger partial charge in [0.1, 0.15) is 0 Å². The Labute approximate surface area is 199 Å². The predicted octanol–water partition coefficient (Wildman–Crippen LogP) is 11.0. The number of rotatable bonds is 25. The average Bonchev–Trinajstić information content (AvgIpc) is 2.79. The van der Waals surface area contributed by atoms with Crippen LogP contribution in [-0.2, 0) is 4.52 Å². The minimum absolute atomic E-state index is 1.35. The monoisotopic (exact) mass is 458 g/mol. The van der Waals surface area contributed by atoms with Crippen LogP contribution in [0.3, 0.4) is 0 Å². The van der Waals surface area contributed by atoms with Crippen molar-refractivity contribution in [1.82, 2.24) is 0 Å². The predicted molar refractivity (Wildman–Crippen MR) is 148 cm³/mol. The molecule has 0 rings (SSSR count). The van der Waals surface area contributed by atoms with Crippen LogP contribution in [0, 0.1) is 0 Å². The van der Waals surface area contributed by atoms with Gasteiger partial charge in [-0.3, -0.25) is 0 Å². The van der Waals surface area contributed by atoms with E-state index in [-0.39, 0.29) is 0 Å². The van der Waals surface area contributed by atoms with E-state index in [1.54, 1.807) is 0 Å². The number of unbranched alkanes of at least 4 members (excludes halogenated alkanes) is 16. The molecule has 0 heterocycles. The van der Waals surface area contributed by atoms with Crippen LogP contribution < -0.4 is 0 Å². The van der Waals surface area contributed by atoms with E-state index in [2.05, 4.69) is 34.8 Å². The molecule has 0 aromatic carbocycles. The van der Waals surface area contributed by atoms with E-state index in [0.29, 0.717) is 0 Å². The second-order valence-electron chi connectivity index (χ2n) is 10.6. The first-order valence-electron chi connectivity index (χ1n) is 14.7. The molecule has 1 nitrogen and oxygen atoms in total. The molecule has 0 radical (unpaired) electrons. The Hall–Kier alpha value is 0.390. The maximum atomic E-state index is 6.88. The maximum absolute atomic E-state index is 6.88. The van der Waals surface area contributed by atoms with E-state index in [9.17, 15) is 0 Å². The van der Waals surface area contributed by atoms with Crippen molar-refractivity contribution >= 4 is 6.83 Å². The Morgan fingerprint density at radius 3 is 0.774 bits per heavy atom. The van der Waals surface area contributed by atoms with Crippen LogP contribution in [0.1, 0.15) is 156 Å². The van der Waals surface area contributed by atoms with Crippen molar-refractivity contribution in [3.63, 3.8) is 0 Å². The third-order valence-corrected chi connectivity index (χ3v) is 14.6. The van der Waals surface area contributed by atoms with Gasteiger partial charge in [-0.2, -0.15) is 0 Å². The van der Waals surface area contributed by atoms with Crippen molar-refractivity contribution < 1.29 is 4.52 Å². The first kappa shape index (κ1) is 31.4. The van der Waals surface area contributed by atoms with Crippen molar-refractivity contribution in [2.45, 2.75) is 156 Å². The fourth-order valence-electron chi connectivity index (χ4n) is 5.50. The summed E-state index contributed by atoms with van der Waals surface area (Å²) in [6.45, 7) is 7.27. The van der Waals surface area contributed by atoms with Crippen molar-refractivity contribution in [2.75, 3.05) is 31.8 Å². The summed E-state index contributed by atoms with van der Waals surface area (Å²) in [7, 11) is 2.13. The summed E-state index contributed by atoms with van der Waals surface area (Å²) in [5.74, 6) is 0. The molecule has 0 spiro atoms. The Balaban J connectivity index is 5.20. The molecule has 0 aliphatic carbocycles. The molecule has 2 heteroatoms. The van der Waals surface area contributed by atoms with Crippen LogP contribution in [0.5, 0.6) is 0 Å². The number of hydrogen-bond acceptors (Lipinski definition) is 1. The Morgan fingerprint density at radius 1 is 0.355 bits per heavy atom. The van der Waals surface area contributed by atoms with Gasteiger partial charge in [0.05, 0.1) is 0 Å². The minimum atomic E-state index is -2.06. The molecule has 0 aromatic heterocycles. The summed E-state index contributed by atoms with van der Waals surface area (Å²) in [5, 5.41) is 0.